The van der Waals surface area contributed by atoms with E-state index >= 15 is 0 Å². The molecule has 18 heavy (non-hydrogen) atoms. The van der Waals surface area contributed by atoms with E-state index in [0.29, 0.717) is 13.0 Å². The zero-order chi connectivity index (χ0) is 13.2. The molecule has 98 valence electrons. The van der Waals surface area contributed by atoms with Crippen LogP contribution >= 0.6 is 0 Å². The van der Waals surface area contributed by atoms with Crippen molar-refractivity contribution < 1.29 is 9.53 Å². The molecule has 1 aromatic carbocycles. The van der Waals surface area contributed by atoms with Crippen LogP contribution in [0.25, 0.3) is 6.08 Å². The second-order valence-electron chi connectivity index (χ2n) is 3.93. The van der Waals surface area contributed by atoms with E-state index in [2.05, 4.69) is 5.43 Å². The first-order valence-corrected chi connectivity index (χ1v) is 6.11. The number of rotatable bonds is 7. The summed E-state index contributed by atoms with van der Waals surface area (Å²) in [4.78, 5) is 11.4. The highest BCUT2D eigenvalue weighted by Gasteiger charge is 2.15. The van der Waals surface area contributed by atoms with E-state index in [4.69, 9.17) is 10.6 Å². The lowest BCUT2D eigenvalue weighted by atomic mass is 10.2. The van der Waals surface area contributed by atoms with Gasteiger partial charge in [0, 0.05) is 0 Å². The molecule has 0 saturated carbocycles. The SMILES string of the molecule is CCCC(OC/C=C/c1ccccc1)C(=O)NN. The predicted molar refractivity (Wildman–Crippen MR) is 72.5 cm³/mol. The average Bonchev–Trinajstić information content (AvgIpc) is 2.42. The van der Waals surface area contributed by atoms with Gasteiger partial charge in [0.05, 0.1) is 6.61 Å². The molecule has 1 aromatic rings. The summed E-state index contributed by atoms with van der Waals surface area (Å²) in [6.45, 7) is 2.40. The van der Waals surface area contributed by atoms with Crippen LogP contribution < -0.4 is 11.3 Å². The Hall–Kier alpha value is -1.65. The lowest BCUT2D eigenvalue weighted by molar-refractivity contribution is -0.132. The van der Waals surface area contributed by atoms with Gasteiger partial charge >= 0.3 is 0 Å². The fraction of sp³-hybridized carbons (Fsp3) is 0.357. The molecule has 0 aromatic heterocycles. The summed E-state index contributed by atoms with van der Waals surface area (Å²) in [5.41, 5.74) is 3.23. The minimum Gasteiger partial charge on any atom is -0.364 e. The quantitative estimate of drug-likeness (QED) is 0.440. The lowest BCUT2D eigenvalue weighted by Gasteiger charge is -2.13. The van der Waals surface area contributed by atoms with Crippen LogP contribution in [0.4, 0.5) is 0 Å². The molecule has 0 spiro atoms. The number of hydrogen-bond donors (Lipinski definition) is 2. The van der Waals surface area contributed by atoms with Gasteiger partial charge in [-0.05, 0) is 12.0 Å². The van der Waals surface area contributed by atoms with E-state index in [1.54, 1.807) is 0 Å². The van der Waals surface area contributed by atoms with E-state index in [-0.39, 0.29) is 5.91 Å². The van der Waals surface area contributed by atoms with Crippen LogP contribution in [-0.2, 0) is 9.53 Å². The molecule has 1 amide bonds. The van der Waals surface area contributed by atoms with Gasteiger partial charge in [-0.15, -0.1) is 0 Å². The first-order chi connectivity index (χ1) is 8.77. The van der Waals surface area contributed by atoms with Crippen LogP contribution in [0.3, 0.4) is 0 Å². The van der Waals surface area contributed by atoms with Crippen LogP contribution in [0.5, 0.6) is 0 Å². The molecule has 0 saturated heterocycles. The normalized spacial score (nSPS) is 12.6. The number of carbonyl (C=O) groups excluding carboxylic acids is 1. The Morgan fingerprint density at radius 3 is 2.78 bits per heavy atom. The highest BCUT2D eigenvalue weighted by Crippen LogP contribution is 2.04. The summed E-state index contributed by atoms with van der Waals surface area (Å²) < 4.78 is 5.48. The molecule has 0 aliphatic heterocycles. The van der Waals surface area contributed by atoms with Gasteiger partial charge < -0.3 is 4.74 Å². The van der Waals surface area contributed by atoms with Crippen LogP contribution in [0, 0.1) is 0 Å². The summed E-state index contributed by atoms with van der Waals surface area (Å²) in [6.07, 6.45) is 4.92. The maximum absolute atomic E-state index is 11.4. The average molecular weight is 248 g/mol. The Morgan fingerprint density at radius 1 is 1.44 bits per heavy atom. The second kappa shape index (κ2) is 8.44. The molecule has 0 bridgehead atoms. The Labute approximate surface area is 108 Å². The van der Waals surface area contributed by atoms with Crippen molar-refractivity contribution in [2.75, 3.05) is 6.61 Å². The van der Waals surface area contributed by atoms with Crippen LogP contribution in [-0.4, -0.2) is 18.6 Å². The highest BCUT2D eigenvalue weighted by molar-refractivity contribution is 5.80. The summed E-state index contributed by atoms with van der Waals surface area (Å²) >= 11 is 0. The Balaban J connectivity index is 2.39. The van der Waals surface area contributed by atoms with Gasteiger partial charge in [0.2, 0.25) is 0 Å². The van der Waals surface area contributed by atoms with Crippen molar-refractivity contribution in [3.05, 3.63) is 42.0 Å². The standard InChI is InChI=1S/C14H20N2O2/c1-2-7-13(14(17)16-15)18-11-6-10-12-8-4-3-5-9-12/h3-6,8-10,13H,2,7,11,15H2,1H3,(H,16,17)/b10-6+. The van der Waals surface area contributed by atoms with E-state index in [1.807, 2.05) is 49.4 Å². The topological polar surface area (TPSA) is 64.3 Å². The van der Waals surface area contributed by atoms with Gasteiger partial charge in [-0.25, -0.2) is 5.84 Å². The van der Waals surface area contributed by atoms with Gasteiger partial charge in [-0.1, -0.05) is 55.8 Å². The van der Waals surface area contributed by atoms with E-state index in [1.165, 1.54) is 0 Å². The third-order valence-electron chi connectivity index (χ3n) is 2.49. The summed E-state index contributed by atoms with van der Waals surface area (Å²) in [5.74, 6) is 4.83. The molecule has 4 nitrogen and oxygen atoms in total. The minimum absolute atomic E-state index is 0.273. The van der Waals surface area contributed by atoms with Gasteiger partial charge in [0.15, 0.2) is 0 Å². The number of hydrogen-bond acceptors (Lipinski definition) is 3. The molecular formula is C14H20N2O2. The zero-order valence-electron chi connectivity index (χ0n) is 10.6. The monoisotopic (exact) mass is 248 g/mol. The van der Waals surface area contributed by atoms with Gasteiger partial charge in [0.1, 0.15) is 6.10 Å². The van der Waals surface area contributed by atoms with Crippen molar-refractivity contribution in [1.82, 2.24) is 5.43 Å². The Morgan fingerprint density at radius 2 is 2.17 bits per heavy atom. The molecule has 0 fully saturated rings. The van der Waals surface area contributed by atoms with Crippen LogP contribution in [0.15, 0.2) is 36.4 Å². The molecule has 3 N–H and O–H groups in total. The molecule has 0 heterocycles. The molecule has 1 unspecified atom stereocenters. The molecule has 1 rings (SSSR count). The van der Waals surface area contributed by atoms with Crippen molar-refractivity contribution in [1.29, 1.82) is 0 Å². The van der Waals surface area contributed by atoms with Crippen LogP contribution in [0.2, 0.25) is 0 Å². The lowest BCUT2D eigenvalue weighted by Crippen LogP contribution is -2.40. The van der Waals surface area contributed by atoms with Crippen LogP contribution in [0.1, 0.15) is 25.3 Å². The molecule has 1 atom stereocenters. The molecule has 0 aliphatic rings. The predicted octanol–water partition coefficient (Wildman–Crippen LogP) is 1.87. The van der Waals surface area contributed by atoms with Crippen molar-refractivity contribution in [2.45, 2.75) is 25.9 Å². The van der Waals surface area contributed by atoms with E-state index < -0.39 is 6.10 Å². The van der Waals surface area contributed by atoms with E-state index in [9.17, 15) is 4.79 Å². The molecule has 4 heteroatoms. The van der Waals surface area contributed by atoms with Crippen molar-refractivity contribution >= 4 is 12.0 Å². The zero-order valence-corrected chi connectivity index (χ0v) is 10.6. The minimum atomic E-state index is -0.472. The Kier molecular flexibility index (Phi) is 6.76. The van der Waals surface area contributed by atoms with Gasteiger partial charge in [-0.3, -0.25) is 10.2 Å². The van der Waals surface area contributed by atoms with Crippen molar-refractivity contribution in [2.24, 2.45) is 5.84 Å². The number of amides is 1. The number of ether oxygens (including phenoxy) is 1. The fourth-order valence-corrected chi connectivity index (χ4v) is 1.57. The summed E-state index contributed by atoms with van der Waals surface area (Å²) in [5, 5.41) is 0. The number of carbonyl (C=O) groups is 1. The maximum Gasteiger partial charge on any atom is 0.263 e. The second-order valence-corrected chi connectivity index (χ2v) is 3.93. The third kappa shape index (κ3) is 5.12. The Bertz CT molecular complexity index is 377. The first kappa shape index (κ1) is 14.4. The van der Waals surface area contributed by atoms with Crippen molar-refractivity contribution in [3.63, 3.8) is 0 Å². The van der Waals surface area contributed by atoms with Gasteiger partial charge in [0.25, 0.3) is 5.91 Å². The fourth-order valence-electron chi connectivity index (χ4n) is 1.57. The summed E-state index contributed by atoms with van der Waals surface area (Å²) in [6, 6.07) is 9.93. The van der Waals surface area contributed by atoms with Crippen molar-refractivity contribution in [3.8, 4) is 0 Å². The highest BCUT2D eigenvalue weighted by atomic mass is 16.5. The number of nitrogens with one attached hydrogen (secondary N) is 1. The van der Waals surface area contributed by atoms with Gasteiger partial charge in [-0.2, -0.15) is 0 Å². The first-order valence-electron chi connectivity index (χ1n) is 6.11. The number of nitrogens with two attached hydrogens (primary N) is 1. The number of benzene rings is 1. The largest absolute Gasteiger partial charge is 0.364 e. The summed E-state index contributed by atoms with van der Waals surface area (Å²) in [7, 11) is 0. The maximum atomic E-state index is 11.4. The molecule has 0 radical (unpaired) electrons. The third-order valence-corrected chi connectivity index (χ3v) is 2.49. The molecule has 0 aliphatic carbocycles. The van der Waals surface area contributed by atoms with E-state index in [0.717, 1.165) is 12.0 Å². The smallest absolute Gasteiger partial charge is 0.263 e. The molecular weight excluding hydrogens is 228 g/mol. The number of hydrazine groups is 1.